The molecule has 0 bridgehead atoms. The van der Waals surface area contributed by atoms with Crippen LogP contribution in [0.5, 0.6) is 17.2 Å². The van der Waals surface area contributed by atoms with E-state index in [1.807, 2.05) is 24.3 Å². The molecule has 0 spiro atoms. The van der Waals surface area contributed by atoms with Crippen molar-refractivity contribution in [3.05, 3.63) is 52.6 Å². The molecule has 1 unspecified atom stereocenters. The van der Waals surface area contributed by atoms with E-state index in [4.69, 9.17) is 23.7 Å². The summed E-state index contributed by atoms with van der Waals surface area (Å²) in [5.74, 6) is 1.78. The molecule has 0 saturated heterocycles. The largest absolute Gasteiger partial charge is 0.493 e. The van der Waals surface area contributed by atoms with Gasteiger partial charge in [-0.1, -0.05) is 32.8 Å². The second-order valence-electron chi connectivity index (χ2n) is 9.27. The SMILES string of the molecule is CCCc1cc(C(=O)OC)ccc1OCCCCCOc1ccc2c(c1CCC)OC(C(=O)OC)CC2. The zero-order valence-corrected chi connectivity index (χ0v) is 22.6. The van der Waals surface area contributed by atoms with Crippen molar-refractivity contribution < 1.29 is 33.3 Å². The molecule has 1 aliphatic rings. The van der Waals surface area contributed by atoms with Gasteiger partial charge in [0.1, 0.15) is 17.2 Å². The van der Waals surface area contributed by atoms with E-state index in [1.54, 1.807) is 6.07 Å². The summed E-state index contributed by atoms with van der Waals surface area (Å²) in [5.41, 5.74) is 3.73. The summed E-state index contributed by atoms with van der Waals surface area (Å²) < 4.78 is 28.0. The van der Waals surface area contributed by atoms with Crippen LogP contribution in [0.2, 0.25) is 0 Å². The first-order valence-corrected chi connectivity index (χ1v) is 13.4. The molecule has 0 radical (unpaired) electrons. The Balaban J connectivity index is 1.49. The first-order chi connectivity index (χ1) is 18.0. The number of ether oxygens (including phenoxy) is 5. The van der Waals surface area contributed by atoms with Crippen molar-refractivity contribution in [3.8, 4) is 17.2 Å². The molecule has 0 N–H and O–H groups in total. The Kier molecular flexibility index (Phi) is 11.1. The van der Waals surface area contributed by atoms with Gasteiger partial charge in [0.2, 0.25) is 0 Å². The molecule has 0 saturated carbocycles. The fraction of sp³-hybridized carbons (Fsp3) is 0.533. The number of benzene rings is 2. The van der Waals surface area contributed by atoms with E-state index in [1.165, 1.54) is 14.2 Å². The highest BCUT2D eigenvalue weighted by Crippen LogP contribution is 2.38. The third-order valence-electron chi connectivity index (χ3n) is 6.50. The summed E-state index contributed by atoms with van der Waals surface area (Å²) in [6.07, 6.45) is 7.24. The van der Waals surface area contributed by atoms with Crippen molar-refractivity contribution in [3.63, 3.8) is 0 Å². The molecule has 3 rings (SSSR count). The Morgan fingerprint density at radius 2 is 1.59 bits per heavy atom. The highest BCUT2D eigenvalue weighted by Gasteiger charge is 2.29. The van der Waals surface area contributed by atoms with E-state index >= 15 is 0 Å². The molecule has 2 aromatic carbocycles. The van der Waals surface area contributed by atoms with Gasteiger partial charge in [-0.05, 0) is 80.3 Å². The summed E-state index contributed by atoms with van der Waals surface area (Å²) in [4.78, 5) is 23.8. The molecule has 202 valence electrons. The van der Waals surface area contributed by atoms with Crippen molar-refractivity contribution >= 4 is 11.9 Å². The second-order valence-corrected chi connectivity index (χ2v) is 9.27. The highest BCUT2D eigenvalue weighted by atomic mass is 16.6. The van der Waals surface area contributed by atoms with Crippen LogP contribution < -0.4 is 14.2 Å². The van der Waals surface area contributed by atoms with Gasteiger partial charge in [0.15, 0.2) is 6.10 Å². The molecule has 37 heavy (non-hydrogen) atoms. The van der Waals surface area contributed by atoms with Crippen molar-refractivity contribution in [1.82, 2.24) is 0 Å². The fourth-order valence-electron chi connectivity index (χ4n) is 4.58. The van der Waals surface area contributed by atoms with Gasteiger partial charge in [-0.15, -0.1) is 0 Å². The van der Waals surface area contributed by atoms with Crippen LogP contribution in [0.3, 0.4) is 0 Å². The van der Waals surface area contributed by atoms with Gasteiger partial charge in [-0.2, -0.15) is 0 Å². The maximum absolute atomic E-state index is 12.0. The number of hydrogen-bond acceptors (Lipinski definition) is 7. The number of rotatable bonds is 14. The Morgan fingerprint density at radius 1 is 0.892 bits per heavy atom. The van der Waals surface area contributed by atoms with E-state index in [2.05, 4.69) is 13.8 Å². The van der Waals surface area contributed by atoms with Gasteiger partial charge < -0.3 is 23.7 Å². The average molecular weight is 513 g/mol. The van der Waals surface area contributed by atoms with Gasteiger partial charge in [-0.3, -0.25) is 0 Å². The van der Waals surface area contributed by atoms with Crippen molar-refractivity contribution in [1.29, 1.82) is 0 Å². The number of fused-ring (bicyclic) bond motifs is 1. The maximum atomic E-state index is 12.0. The van der Waals surface area contributed by atoms with E-state index < -0.39 is 6.10 Å². The number of carbonyl (C=O) groups is 2. The monoisotopic (exact) mass is 512 g/mol. The summed E-state index contributed by atoms with van der Waals surface area (Å²) in [6.45, 7) is 5.44. The molecule has 1 heterocycles. The first kappa shape index (κ1) is 28.4. The Bertz CT molecular complexity index is 1050. The highest BCUT2D eigenvalue weighted by molar-refractivity contribution is 5.89. The predicted octanol–water partition coefficient (Wildman–Crippen LogP) is 5.87. The van der Waals surface area contributed by atoms with E-state index in [9.17, 15) is 9.59 Å². The van der Waals surface area contributed by atoms with Crippen LogP contribution in [0.25, 0.3) is 0 Å². The second kappa shape index (κ2) is 14.5. The van der Waals surface area contributed by atoms with E-state index in [0.29, 0.717) is 25.2 Å². The van der Waals surface area contributed by atoms with Crippen molar-refractivity contribution in [2.24, 2.45) is 0 Å². The summed E-state index contributed by atoms with van der Waals surface area (Å²) >= 11 is 0. The van der Waals surface area contributed by atoms with Gasteiger partial charge in [0.25, 0.3) is 0 Å². The third kappa shape index (κ3) is 7.63. The lowest BCUT2D eigenvalue weighted by Crippen LogP contribution is -2.32. The summed E-state index contributed by atoms with van der Waals surface area (Å²) in [5, 5.41) is 0. The number of unbranched alkanes of at least 4 members (excludes halogenated alkanes) is 2. The number of carbonyl (C=O) groups excluding carboxylic acids is 2. The van der Waals surface area contributed by atoms with Crippen LogP contribution in [-0.4, -0.2) is 45.5 Å². The molecule has 2 aromatic rings. The molecular weight excluding hydrogens is 472 g/mol. The van der Waals surface area contributed by atoms with Crippen LogP contribution in [-0.2, 0) is 33.5 Å². The van der Waals surface area contributed by atoms with Gasteiger partial charge in [0, 0.05) is 5.56 Å². The molecule has 7 nitrogen and oxygen atoms in total. The summed E-state index contributed by atoms with van der Waals surface area (Å²) in [6, 6.07) is 9.55. The molecule has 7 heteroatoms. The number of hydrogen-bond donors (Lipinski definition) is 0. The first-order valence-electron chi connectivity index (χ1n) is 13.4. The molecule has 0 amide bonds. The normalized spacial score (nSPS) is 14.3. The predicted molar refractivity (Wildman–Crippen MR) is 142 cm³/mol. The quantitative estimate of drug-likeness (QED) is 0.231. The minimum Gasteiger partial charge on any atom is -0.493 e. The zero-order valence-electron chi connectivity index (χ0n) is 22.6. The number of aryl methyl sites for hydroxylation is 2. The molecule has 1 atom stereocenters. The molecule has 0 fully saturated rings. The molecular formula is C30H40O7. The van der Waals surface area contributed by atoms with Crippen LogP contribution >= 0.6 is 0 Å². The van der Waals surface area contributed by atoms with E-state index in [-0.39, 0.29) is 11.9 Å². The standard InChI is InChI=1S/C30H40O7/c1-5-10-22-20-23(29(31)33-3)14-15-25(22)35-18-8-7-9-19-36-26-16-12-21-13-17-27(30(32)34-4)37-28(21)24(26)11-6-2/h12,14-16,20,27H,5-11,13,17-19H2,1-4H3. The molecule has 1 aliphatic heterocycles. The van der Waals surface area contributed by atoms with Crippen LogP contribution in [0, 0.1) is 0 Å². The lowest BCUT2D eigenvalue weighted by Gasteiger charge is -2.27. The average Bonchev–Trinajstić information content (AvgIpc) is 2.93. The van der Waals surface area contributed by atoms with Crippen LogP contribution in [0.1, 0.15) is 79.4 Å². The lowest BCUT2D eigenvalue weighted by molar-refractivity contribution is -0.149. The molecule has 0 aliphatic carbocycles. The minimum absolute atomic E-state index is 0.331. The Labute approximate surface area is 220 Å². The minimum atomic E-state index is -0.558. The number of esters is 2. The Hall–Kier alpha value is -3.22. The van der Waals surface area contributed by atoms with Gasteiger partial charge >= 0.3 is 11.9 Å². The smallest absolute Gasteiger partial charge is 0.347 e. The molecule has 0 aromatic heterocycles. The van der Waals surface area contributed by atoms with Crippen LogP contribution in [0.15, 0.2) is 30.3 Å². The maximum Gasteiger partial charge on any atom is 0.347 e. The summed E-state index contributed by atoms with van der Waals surface area (Å²) in [7, 11) is 2.78. The van der Waals surface area contributed by atoms with Gasteiger partial charge in [-0.25, -0.2) is 9.59 Å². The lowest BCUT2D eigenvalue weighted by atomic mass is 9.96. The van der Waals surface area contributed by atoms with Crippen molar-refractivity contribution in [2.75, 3.05) is 27.4 Å². The third-order valence-corrected chi connectivity index (χ3v) is 6.50. The fourth-order valence-corrected chi connectivity index (χ4v) is 4.58. The Morgan fingerprint density at radius 3 is 2.27 bits per heavy atom. The van der Waals surface area contributed by atoms with Crippen LogP contribution in [0.4, 0.5) is 0 Å². The zero-order chi connectivity index (χ0) is 26.6. The number of methoxy groups -OCH3 is 2. The van der Waals surface area contributed by atoms with E-state index in [0.717, 1.165) is 85.3 Å². The van der Waals surface area contributed by atoms with Crippen molar-refractivity contribution in [2.45, 2.75) is 77.7 Å². The van der Waals surface area contributed by atoms with Gasteiger partial charge in [0.05, 0.1) is 33.0 Å². The topological polar surface area (TPSA) is 80.3 Å².